The number of aryl methyl sites for hydroxylation is 1. The Bertz CT molecular complexity index is 944. The molecule has 0 saturated carbocycles. The molecule has 24 heavy (non-hydrogen) atoms. The van der Waals surface area contributed by atoms with Crippen LogP contribution in [0.3, 0.4) is 0 Å². The maximum Gasteiger partial charge on any atom is 0.339 e. The van der Waals surface area contributed by atoms with Gasteiger partial charge in [0.15, 0.2) is 0 Å². The Labute approximate surface area is 146 Å². The average molecular weight is 388 g/mol. The molecule has 0 aliphatic carbocycles. The molecule has 6 nitrogen and oxygen atoms in total. The van der Waals surface area contributed by atoms with Crippen molar-refractivity contribution in [1.82, 2.24) is 9.97 Å². The van der Waals surface area contributed by atoms with Gasteiger partial charge < -0.3 is 15.6 Å². The van der Waals surface area contributed by atoms with E-state index in [0.29, 0.717) is 11.4 Å². The largest absolute Gasteiger partial charge is 0.486 e. The SMILES string of the molecule is Cc1nc(N)nc(COc2ccc3ccccc3c2Br)c1C(=O)O. The van der Waals surface area contributed by atoms with E-state index < -0.39 is 5.97 Å². The lowest BCUT2D eigenvalue weighted by Gasteiger charge is -2.12. The van der Waals surface area contributed by atoms with Gasteiger partial charge in [-0.2, -0.15) is 0 Å². The number of carboxylic acid groups (broad SMARTS) is 1. The van der Waals surface area contributed by atoms with Gasteiger partial charge in [0.25, 0.3) is 0 Å². The van der Waals surface area contributed by atoms with Gasteiger partial charge >= 0.3 is 5.97 Å². The highest BCUT2D eigenvalue weighted by molar-refractivity contribution is 9.10. The van der Waals surface area contributed by atoms with Gasteiger partial charge in [0.2, 0.25) is 5.95 Å². The number of benzene rings is 2. The van der Waals surface area contributed by atoms with E-state index >= 15 is 0 Å². The fraction of sp³-hybridized carbons (Fsp3) is 0.118. The van der Waals surface area contributed by atoms with Crippen LogP contribution in [-0.4, -0.2) is 21.0 Å². The van der Waals surface area contributed by atoms with Crippen LogP contribution in [0.1, 0.15) is 21.7 Å². The maximum absolute atomic E-state index is 11.4. The summed E-state index contributed by atoms with van der Waals surface area (Å²) in [6.45, 7) is 1.56. The van der Waals surface area contributed by atoms with E-state index in [-0.39, 0.29) is 23.8 Å². The fourth-order valence-corrected chi connectivity index (χ4v) is 3.12. The van der Waals surface area contributed by atoms with Gasteiger partial charge in [-0.05, 0) is 39.7 Å². The average Bonchev–Trinajstić information content (AvgIpc) is 2.53. The van der Waals surface area contributed by atoms with Crippen LogP contribution in [0.25, 0.3) is 10.8 Å². The number of fused-ring (bicyclic) bond motifs is 1. The Morgan fingerprint density at radius 1 is 1.25 bits per heavy atom. The fourth-order valence-electron chi connectivity index (χ4n) is 2.51. The van der Waals surface area contributed by atoms with Gasteiger partial charge in [-0.1, -0.05) is 30.3 Å². The minimum atomic E-state index is -1.11. The highest BCUT2D eigenvalue weighted by Gasteiger charge is 2.18. The van der Waals surface area contributed by atoms with Crippen molar-refractivity contribution in [2.45, 2.75) is 13.5 Å². The zero-order valence-corrected chi connectivity index (χ0v) is 14.4. The first kappa shape index (κ1) is 16.2. The molecule has 0 fully saturated rings. The molecule has 0 unspecified atom stereocenters. The van der Waals surface area contributed by atoms with E-state index in [1.165, 1.54) is 0 Å². The number of aromatic nitrogens is 2. The minimum absolute atomic E-state index is 0.0149. The first-order chi connectivity index (χ1) is 11.5. The van der Waals surface area contributed by atoms with E-state index in [1.54, 1.807) is 6.92 Å². The molecule has 0 bridgehead atoms. The highest BCUT2D eigenvalue weighted by atomic mass is 79.9. The minimum Gasteiger partial charge on any atom is -0.486 e. The summed E-state index contributed by atoms with van der Waals surface area (Å²) in [5, 5.41) is 11.4. The summed E-state index contributed by atoms with van der Waals surface area (Å²) in [5.74, 6) is -0.489. The van der Waals surface area contributed by atoms with Crippen molar-refractivity contribution in [3.8, 4) is 5.75 Å². The maximum atomic E-state index is 11.4. The van der Waals surface area contributed by atoms with E-state index in [1.807, 2.05) is 36.4 Å². The van der Waals surface area contributed by atoms with E-state index in [2.05, 4.69) is 25.9 Å². The molecule has 3 rings (SSSR count). The lowest BCUT2D eigenvalue weighted by Crippen LogP contribution is -2.14. The molecular weight excluding hydrogens is 374 g/mol. The Morgan fingerprint density at radius 2 is 2.00 bits per heavy atom. The van der Waals surface area contributed by atoms with Crippen molar-refractivity contribution < 1.29 is 14.6 Å². The number of nitrogens with two attached hydrogens (primary N) is 1. The normalized spacial score (nSPS) is 10.8. The van der Waals surface area contributed by atoms with Crippen molar-refractivity contribution in [3.63, 3.8) is 0 Å². The Balaban J connectivity index is 1.94. The van der Waals surface area contributed by atoms with Crippen LogP contribution in [0.5, 0.6) is 5.75 Å². The predicted octanol–water partition coefficient (Wildman–Crippen LogP) is 3.56. The van der Waals surface area contributed by atoms with Gasteiger partial charge in [-0.15, -0.1) is 0 Å². The standard InChI is InChI=1S/C17H14BrN3O3/c1-9-14(16(22)23)12(21-17(19)20-9)8-24-13-7-6-10-4-2-3-5-11(10)15(13)18/h2-7H,8H2,1H3,(H,22,23)(H2,19,20,21). The first-order valence-electron chi connectivity index (χ1n) is 7.13. The number of halogens is 1. The Kier molecular flexibility index (Phi) is 4.35. The Morgan fingerprint density at radius 3 is 2.75 bits per heavy atom. The summed E-state index contributed by atoms with van der Waals surface area (Å²) in [7, 11) is 0. The number of anilines is 1. The van der Waals surface area contributed by atoms with Crippen molar-refractivity contribution in [2.75, 3.05) is 5.73 Å². The number of hydrogen-bond donors (Lipinski definition) is 2. The third kappa shape index (κ3) is 3.03. The zero-order chi connectivity index (χ0) is 17.3. The monoisotopic (exact) mass is 387 g/mol. The summed E-state index contributed by atoms with van der Waals surface area (Å²) >= 11 is 3.53. The Hall–Kier alpha value is -2.67. The van der Waals surface area contributed by atoms with E-state index in [0.717, 1.165) is 15.2 Å². The number of ether oxygens (including phenoxy) is 1. The smallest absolute Gasteiger partial charge is 0.339 e. The molecule has 3 N–H and O–H groups in total. The predicted molar refractivity (Wildman–Crippen MR) is 94.1 cm³/mol. The number of carbonyl (C=O) groups is 1. The highest BCUT2D eigenvalue weighted by Crippen LogP contribution is 2.33. The van der Waals surface area contributed by atoms with Crippen LogP contribution < -0.4 is 10.5 Å². The third-order valence-corrected chi connectivity index (χ3v) is 4.41. The summed E-state index contributed by atoms with van der Waals surface area (Å²) in [6.07, 6.45) is 0. The lowest BCUT2D eigenvalue weighted by atomic mass is 10.1. The molecule has 0 spiro atoms. The molecular formula is C17H14BrN3O3. The number of hydrogen-bond acceptors (Lipinski definition) is 5. The molecule has 0 aliphatic heterocycles. The van der Waals surface area contributed by atoms with Gasteiger partial charge in [-0.3, -0.25) is 0 Å². The van der Waals surface area contributed by atoms with E-state index in [9.17, 15) is 9.90 Å². The summed E-state index contributed by atoms with van der Waals surface area (Å²) in [6, 6.07) is 11.6. The van der Waals surface area contributed by atoms with Crippen molar-refractivity contribution in [3.05, 3.63) is 57.8 Å². The molecule has 0 atom stereocenters. The van der Waals surface area contributed by atoms with Crippen LogP contribution in [-0.2, 0) is 6.61 Å². The van der Waals surface area contributed by atoms with Crippen LogP contribution in [0.15, 0.2) is 40.9 Å². The second kappa shape index (κ2) is 6.45. The van der Waals surface area contributed by atoms with Gasteiger partial charge in [0, 0.05) is 0 Å². The lowest BCUT2D eigenvalue weighted by molar-refractivity contribution is 0.0691. The van der Waals surface area contributed by atoms with E-state index in [4.69, 9.17) is 10.5 Å². The number of nitrogens with zero attached hydrogens (tertiary/aromatic N) is 2. The van der Waals surface area contributed by atoms with Crippen LogP contribution >= 0.6 is 15.9 Å². The van der Waals surface area contributed by atoms with Gasteiger partial charge in [0.05, 0.1) is 15.9 Å². The summed E-state index contributed by atoms with van der Waals surface area (Å²) < 4.78 is 6.58. The molecule has 0 aliphatic rings. The number of nitrogen functional groups attached to an aromatic ring is 1. The van der Waals surface area contributed by atoms with Crippen molar-refractivity contribution in [2.24, 2.45) is 0 Å². The molecule has 0 saturated heterocycles. The molecule has 1 aromatic heterocycles. The van der Waals surface area contributed by atoms with Gasteiger partial charge in [0.1, 0.15) is 17.9 Å². The molecule has 7 heteroatoms. The molecule has 1 heterocycles. The summed E-state index contributed by atoms with van der Waals surface area (Å²) in [4.78, 5) is 19.3. The van der Waals surface area contributed by atoms with Crippen LogP contribution in [0, 0.1) is 6.92 Å². The first-order valence-corrected chi connectivity index (χ1v) is 7.93. The molecule has 0 amide bonds. The molecule has 2 aromatic carbocycles. The molecule has 3 aromatic rings. The topological polar surface area (TPSA) is 98.3 Å². The summed E-state index contributed by atoms with van der Waals surface area (Å²) in [5.41, 5.74) is 6.19. The van der Waals surface area contributed by atoms with Crippen LogP contribution in [0.4, 0.5) is 5.95 Å². The second-order valence-electron chi connectivity index (χ2n) is 5.18. The number of aromatic carboxylic acids is 1. The van der Waals surface area contributed by atoms with Crippen molar-refractivity contribution in [1.29, 1.82) is 0 Å². The molecule has 122 valence electrons. The third-order valence-electron chi connectivity index (χ3n) is 3.59. The number of carboxylic acids is 1. The molecule has 0 radical (unpaired) electrons. The zero-order valence-electron chi connectivity index (χ0n) is 12.8. The van der Waals surface area contributed by atoms with Crippen LogP contribution in [0.2, 0.25) is 0 Å². The number of rotatable bonds is 4. The quantitative estimate of drug-likeness (QED) is 0.709. The van der Waals surface area contributed by atoms with Gasteiger partial charge in [-0.25, -0.2) is 14.8 Å². The van der Waals surface area contributed by atoms with Crippen molar-refractivity contribution >= 4 is 38.6 Å². The second-order valence-corrected chi connectivity index (χ2v) is 5.97.